The van der Waals surface area contributed by atoms with Crippen molar-refractivity contribution in [1.82, 2.24) is 10.3 Å². The summed E-state index contributed by atoms with van der Waals surface area (Å²) in [6.45, 7) is 4.71. The van der Waals surface area contributed by atoms with Crippen LogP contribution in [0.3, 0.4) is 0 Å². The van der Waals surface area contributed by atoms with E-state index in [0.717, 1.165) is 59.9 Å². The van der Waals surface area contributed by atoms with Gasteiger partial charge in [-0.3, -0.25) is 9.69 Å². The molecule has 1 N–H and O–H groups in total. The fourth-order valence-electron chi connectivity index (χ4n) is 4.25. The van der Waals surface area contributed by atoms with E-state index in [2.05, 4.69) is 48.4 Å². The lowest BCUT2D eigenvalue weighted by Gasteiger charge is -2.36. The number of hydrogen-bond acceptors (Lipinski definition) is 6. The average molecular weight is 551 g/mol. The van der Waals surface area contributed by atoms with Gasteiger partial charge >= 0.3 is 0 Å². The highest BCUT2D eigenvalue weighted by molar-refractivity contribution is 9.10. The van der Waals surface area contributed by atoms with Crippen molar-refractivity contribution in [3.8, 4) is 5.75 Å². The number of methoxy groups -OCH3 is 1. The van der Waals surface area contributed by atoms with Crippen LogP contribution in [-0.4, -0.2) is 64.4 Å². The molecule has 0 spiro atoms. The fraction of sp³-hybridized carbons (Fsp3) is 0.286. The SMILES string of the molecule is COc1ccccc1N1CCN(Cc2ccc(C(=O)N/N=C\c3ccc(N(C)C)c(Br)c3)cc2)CC1. The number of anilines is 2. The molecule has 0 aliphatic carbocycles. The molecule has 8 heteroatoms. The lowest BCUT2D eigenvalue weighted by atomic mass is 10.1. The van der Waals surface area contributed by atoms with E-state index < -0.39 is 0 Å². The van der Waals surface area contributed by atoms with Crippen molar-refractivity contribution in [3.05, 3.63) is 87.9 Å². The number of amides is 1. The van der Waals surface area contributed by atoms with Crippen molar-refractivity contribution < 1.29 is 9.53 Å². The van der Waals surface area contributed by atoms with Gasteiger partial charge in [0.15, 0.2) is 0 Å². The highest BCUT2D eigenvalue weighted by Crippen LogP contribution is 2.28. The number of piperazine rings is 1. The number of para-hydroxylation sites is 2. The van der Waals surface area contributed by atoms with Crippen molar-refractivity contribution in [3.63, 3.8) is 0 Å². The Morgan fingerprint density at radius 2 is 1.78 bits per heavy atom. The predicted molar refractivity (Wildman–Crippen MR) is 150 cm³/mol. The second-order valence-electron chi connectivity index (χ2n) is 8.94. The zero-order valence-electron chi connectivity index (χ0n) is 20.9. The summed E-state index contributed by atoms with van der Waals surface area (Å²) in [5, 5.41) is 4.11. The van der Waals surface area contributed by atoms with E-state index in [1.807, 2.05) is 73.6 Å². The van der Waals surface area contributed by atoms with E-state index in [1.54, 1.807) is 13.3 Å². The van der Waals surface area contributed by atoms with Gasteiger partial charge in [-0.05, 0) is 63.5 Å². The fourth-order valence-corrected chi connectivity index (χ4v) is 5.00. The Morgan fingerprint density at radius 1 is 1.06 bits per heavy atom. The van der Waals surface area contributed by atoms with E-state index >= 15 is 0 Å². The Labute approximate surface area is 221 Å². The predicted octanol–water partition coefficient (Wildman–Crippen LogP) is 4.61. The third kappa shape index (κ3) is 6.44. The summed E-state index contributed by atoms with van der Waals surface area (Å²) >= 11 is 3.57. The van der Waals surface area contributed by atoms with Gasteiger partial charge in [0.05, 0.1) is 24.7 Å². The normalized spacial score (nSPS) is 14.2. The van der Waals surface area contributed by atoms with E-state index in [0.29, 0.717) is 5.56 Å². The molecule has 1 saturated heterocycles. The standard InChI is InChI=1S/C28H32BrN5O2/c1-32(2)25-13-10-22(18-24(25)29)19-30-31-28(35)23-11-8-21(9-12-23)20-33-14-16-34(17-15-33)26-6-4-5-7-27(26)36-3/h4-13,18-19H,14-17,20H2,1-3H3,(H,31,35)/b30-19-. The van der Waals surface area contributed by atoms with Crippen molar-refractivity contribution >= 4 is 39.4 Å². The van der Waals surface area contributed by atoms with Gasteiger partial charge in [0, 0.05) is 56.9 Å². The zero-order valence-corrected chi connectivity index (χ0v) is 22.5. The first kappa shape index (κ1) is 25.7. The Bertz CT molecular complexity index is 1200. The number of ether oxygens (including phenoxy) is 1. The summed E-state index contributed by atoms with van der Waals surface area (Å²) in [5.41, 5.74) is 7.51. The maximum Gasteiger partial charge on any atom is 0.271 e. The quantitative estimate of drug-likeness (QED) is 0.328. The molecule has 0 aromatic heterocycles. The summed E-state index contributed by atoms with van der Waals surface area (Å²) in [7, 11) is 5.69. The maximum atomic E-state index is 12.5. The summed E-state index contributed by atoms with van der Waals surface area (Å²) < 4.78 is 6.49. The number of benzene rings is 3. The molecule has 0 atom stereocenters. The molecule has 1 fully saturated rings. The smallest absolute Gasteiger partial charge is 0.271 e. The molecule has 4 rings (SSSR count). The Balaban J connectivity index is 1.27. The molecule has 36 heavy (non-hydrogen) atoms. The number of hydrazone groups is 1. The van der Waals surface area contributed by atoms with Crippen LogP contribution in [0.4, 0.5) is 11.4 Å². The second-order valence-corrected chi connectivity index (χ2v) is 9.79. The molecule has 1 aliphatic rings. The number of halogens is 1. The largest absolute Gasteiger partial charge is 0.495 e. The van der Waals surface area contributed by atoms with Gasteiger partial charge < -0.3 is 14.5 Å². The lowest BCUT2D eigenvalue weighted by Crippen LogP contribution is -2.46. The van der Waals surface area contributed by atoms with E-state index in [4.69, 9.17) is 4.74 Å². The minimum absolute atomic E-state index is 0.229. The van der Waals surface area contributed by atoms with E-state index in [1.165, 1.54) is 5.56 Å². The number of rotatable bonds is 8. The summed E-state index contributed by atoms with van der Waals surface area (Å²) in [6, 6.07) is 21.8. The molecule has 0 radical (unpaired) electrons. The van der Waals surface area contributed by atoms with Crippen molar-refractivity contribution in [1.29, 1.82) is 0 Å². The van der Waals surface area contributed by atoms with Crippen molar-refractivity contribution in [2.45, 2.75) is 6.54 Å². The monoisotopic (exact) mass is 549 g/mol. The molecular weight excluding hydrogens is 518 g/mol. The number of hydrogen-bond donors (Lipinski definition) is 1. The minimum atomic E-state index is -0.229. The van der Waals surface area contributed by atoms with E-state index in [9.17, 15) is 4.79 Å². The van der Waals surface area contributed by atoms with E-state index in [-0.39, 0.29) is 5.91 Å². The first-order valence-electron chi connectivity index (χ1n) is 11.9. The molecule has 0 unspecified atom stereocenters. The third-order valence-corrected chi connectivity index (χ3v) is 6.89. The second kappa shape index (κ2) is 12.1. The Morgan fingerprint density at radius 3 is 2.44 bits per heavy atom. The molecule has 188 valence electrons. The van der Waals surface area contributed by atoms with Crippen LogP contribution in [0.5, 0.6) is 5.75 Å². The van der Waals surface area contributed by atoms with Gasteiger partial charge in [0.2, 0.25) is 0 Å². The maximum absolute atomic E-state index is 12.5. The van der Waals surface area contributed by atoms with Crippen LogP contribution in [0.15, 0.2) is 76.3 Å². The third-order valence-electron chi connectivity index (χ3n) is 6.25. The van der Waals surface area contributed by atoms with Gasteiger partial charge in [0.1, 0.15) is 5.75 Å². The number of nitrogens with zero attached hydrogens (tertiary/aromatic N) is 4. The minimum Gasteiger partial charge on any atom is -0.495 e. The van der Waals surface area contributed by atoms with Crippen LogP contribution in [0.25, 0.3) is 0 Å². The van der Waals surface area contributed by atoms with Crippen molar-refractivity contribution in [2.75, 3.05) is 57.2 Å². The van der Waals surface area contributed by atoms with Gasteiger partial charge in [-0.2, -0.15) is 5.10 Å². The first-order chi connectivity index (χ1) is 17.4. The molecule has 7 nitrogen and oxygen atoms in total. The zero-order chi connectivity index (χ0) is 25.5. The van der Waals surface area contributed by atoms with Gasteiger partial charge in [-0.15, -0.1) is 0 Å². The molecule has 3 aromatic rings. The first-order valence-corrected chi connectivity index (χ1v) is 12.7. The highest BCUT2D eigenvalue weighted by Gasteiger charge is 2.19. The average Bonchev–Trinajstić information content (AvgIpc) is 2.89. The number of nitrogens with one attached hydrogen (secondary N) is 1. The van der Waals surface area contributed by atoms with Gasteiger partial charge in [0.25, 0.3) is 5.91 Å². The number of carbonyl (C=O) groups excluding carboxylic acids is 1. The summed E-state index contributed by atoms with van der Waals surface area (Å²) in [6.07, 6.45) is 1.64. The topological polar surface area (TPSA) is 60.4 Å². The van der Waals surface area contributed by atoms with Crippen LogP contribution < -0.4 is 20.0 Å². The Kier molecular flexibility index (Phi) is 8.61. The van der Waals surface area contributed by atoms with Crippen LogP contribution in [0.1, 0.15) is 21.5 Å². The molecule has 0 saturated carbocycles. The molecule has 0 bridgehead atoms. The molecule has 1 amide bonds. The summed E-state index contributed by atoms with van der Waals surface area (Å²) in [5.74, 6) is 0.687. The highest BCUT2D eigenvalue weighted by atomic mass is 79.9. The van der Waals surface area contributed by atoms with Crippen LogP contribution in [0, 0.1) is 0 Å². The van der Waals surface area contributed by atoms with Crippen molar-refractivity contribution in [2.24, 2.45) is 5.10 Å². The van der Waals surface area contributed by atoms with Gasteiger partial charge in [-0.1, -0.05) is 30.3 Å². The number of carbonyl (C=O) groups is 1. The molecule has 3 aromatic carbocycles. The van der Waals surface area contributed by atoms with Crippen LogP contribution in [0.2, 0.25) is 0 Å². The molecule has 1 heterocycles. The summed E-state index contributed by atoms with van der Waals surface area (Å²) in [4.78, 5) is 19.3. The molecular formula is C28H32BrN5O2. The lowest BCUT2D eigenvalue weighted by molar-refractivity contribution is 0.0955. The van der Waals surface area contributed by atoms with Crippen LogP contribution >= 0.6 is 15.9 Å². The van der Waals surface area contributed by atoms with Crippen LogP contribution in [-0.2, 0) is 6.54 Å². The van der Waals surface area contributed by atoms with Gasteiger partial charge in [-0.25, -0.2) is 5.43 Å². The Hall–Kier alpha value is -3.36. The molecule has 1 aliphatic heterocycles.